The van der Waals surface area contributed by atoms with Gasteiger partial charge in [-0.25, -0.2) is 4.79 Å². The van der Waals surface area contributed by atoms with E-state index in [1.54, 1.807) is 7.11 Å². The first-order valence-corrected chi connectivity index (χ1v) is 9.20. The van der Waals surface area contributed by atoms with Gasteiger partial charge >= 0.3 is 18.3 Å². The SMILES string of the molecule is COc1ccc(C(C(=O)O)[NH+]2CCC[NH2+]CC2)cc1.O=C([O-])C(F)(F)F.O=C([O-])C(F)(F)F. The van der Waals surface area contributed by atoms with Crippen molar-refractivity contribution in [3.05, 3.63) is 29.8 Å². The van der Waals surface area contributed by atoms with Crippen molar-refractivity contribution in [1.82, 2.24) is 0 Å². The van der Waals surface area contributed by atoms with Crippen LogP contribution in [-0.2, 0) is 14.4 Å². The van der Waals surface area contributed by atoms with E-state index >= 15 is 0 Å². The summed E-state index contributed by atoms with van der Waals surface area (Å²) in [6, 6.07) is 6.90. The molecule has 1 heterocycles. The summed E-state index contributed by atoms with van der Waals surface area (Å²) in [4.78, 5) is 30.3. The zero-order chi connectivity index (χ0) is 25.8. The van der Waals surface area contributed by atoms with Crippen molar-refractivity contribution >= 4 is 17.9 Å². The fraction of sp³-hybridized carbons (Fsp3) is 0.500. The van der Waals surface area contributed by atoms with E-state index in [-0.39, 0.29) is 0 Å². The van der Waals surface area contributed by atoms with Crippen LogP contribution in [0.2, 0.25) is 0 Å². The molecule has 4 N–H and O–H groups in total. The predicted molar refractivity (Wildman–Crippen MR) is 92.5 cm³/mol. The molecule has 0 saturated carbocycles. The number of benzene rings is 1. The largest absolute Gasteiger partial charge is 0.542 e. The van der Waals surface area contributed by atoms with Crippen molar-refractivity contribution in [2.75, 3.05) is 33.3 Å². The summed E-state index contributed by atoms with van der Waals surface area (Å²) in [6.07, 6.45) is -9.32. The number of aliphatic carboxylic acids is 3. The molecular weight excluding hydrogens is 470 g/mol. The Bertz CT molecular complexity index is 737. The molecule has 188 valence electrons. The molecular formula is C18H22F6N2O7. The van der Waals surface area contributed by atoms with Crippen LogP contribution < -0.4 is 25.2 Å². The van der Waals surface area contributed by atoms with E-state index in [0.717, 1.165) is 48.8 Å². The topological polar surface area (TPSA) is 148 Å². The number of nitrogens with two attached hydrogens (primary N) is 1. The van der Waals surface area contributed by atoms with Crippen molar-refractivity contribution in [1.29, 1.82) is 0 Å². The van der Waals surface area contributed by atoms with Gasteiger partial charge in [0.2, 0.25) is 6.04 Å². The Hall–Kier alpha value is -3.07. The van der Waals surface area contributed by atoms with Gasteiger partial charge in [0.1, 0.15) is 30.8 Å². The van der Waals surface area contributed by atoms with Crippen molar-refractivity contribution in [3.63, 3.8) is 0 Å². The van der Waals surface area contributed by atoms with Gasteiger partial charge in [0.05, 0.1) is 20.2 Å². The van der Waals surface area contributed by atoms with E-state index in [4.69, 9.17) is 24.5 Å². The van der Waals surface area contributed by atoms with Crippen LogP contribution in [0.4, 0.5) is 26.3 Å². The number of rotatable bonds is 4. The highest BCUT2D eigenvalue weighted by atomic mass is 19.4. The fourth-order valence-electron chi connectivity index (χ4n) is 2.67. The summed E-state index contributed by atoms with van der Waals surface area (Å²) in [5.41, 5.74) is 0.852. The molecule has 0 bridgehead atoms. The van der Waals surface area contributed by atoms with Crippen molar-refractivity contribution in [2.24, 2.45) is 0 Å². The van der Waals surface area contributed by atoms with Crippen LogP contribution in [0.5, 0.6) is 5.75 Å². The summed E-state index contributed by atoms with van der Waals surface area (Å²) in [6.45, 7) is 3.90. The van der Waals surface area contributed by atoms with Gasteiger partial charge in [-0.15, -0.1) is 0 Å². The van der Waals surface area contributed by atoms with E-state index < -0.39 is 36.3 Å². The van der Waals surface area contributed by atoms with Gasteiger partial charge in [-0.1, -0.05) is 0 Å². The smallest absolute Gasteiger partial charge is 0.430 e. The number of nitrogens with one attached hydrogen (secondary N) is 1. The highest BCUT2D eigenvalue weighted by Crippen LogP contribution is 2.16. The first-order chi connectivity index (χ1) is 15.1. The quantitative estimate of drug-likeness (QED) is 0.387. The molecule has 2 atom stereocenters. The molecule has 1 saturated heterocycles. The van der Waals surface area contributed by atoms with Gasteiger partial charge in [0.25, 0.3) is 0 Å². The number of methoxy groups -OCH3 is 1. The lowest BCUT2D eigenvalue weighted by Gasteiger charge is -2.23. The molecule has 2 rings (SSSR count). The molecule has 0 spiro atoms. The Balaban J connectivity index is 0.000000605. The molecule has 1 aliphatic rings. The molecule has 2 unspecified atom stereocenters. The lowest BCUT2D eigenvalue weighted by atomic mass is 10.0. The molecule has 0 aliphatic carbocycles. The Morgan fingerprint density at radius 2 is 1.42 bits per heavy atom. The average Bonchev–Trinajstić information content (AvgIpc) is 2.97. The van der Waals surface area contributed by atoms with Crippen LogP contribution in [-0.4, -0.2) is 68.7 Å². The molecule has 1 aliphatic heterocycles. The molecule has 0 amide bonds. The van der Waals surface area contributed by atoms with Gasteiger partial charge in [0.15, 0.2) is 0 Å². The number of carbonyl (C=O) groups is 3. The molecule has 15 heteroatoms. The van der Waals surface area contributed by atoms with Crippen LogP contribution in [0, 0.1) is 0 Å². The lowest BCUT2D eigenvalue weighted by molar-refractivity contribution is -0.926. The summed E-state index contributed by atoms with van der Waals surface area (Å²) in [5, 5.41) is 29.4. The summed E-state index contributed by atoms with van der Waals surface area (Å²) in [7, 11) is 1.61. The zero-order valence-electron chi connectivity index (χ0n) is 17.2. The molecule has 1 aromatic carbocycles. The van der Waals surface area contributed by atoms with Gasteiger partial charge in [-0.3, -0.25) is 0 Å². The second kappa shape index (κ2) is 13.5. The number of carbonyl (C=O) groups excluding carboxylic acids is 2. The zero-order valence-corrected chi connectivity index (χ0v) is 17.2. The summed E-state index contributed by atoms with van der Waals surface area (Å²) < 4.78 is 68.2. The number of halogens is 6. The number of quaternary nitrogens is 2. The second-order valence-electron chi connectivity index (χ2n) is 6.49. The second-order valence-corrected chi connectivity index (χ2v) is 6.49. The van der Waals surface area contributed by atoms with Gasteiger partial charge in [-0.2, -0.15) is 26.3 Å². The van der Waals surface area contributed by atoms with E-state index in [1.165, 1.54) is 0 Å². The number of ether oxygens (including phenoxy) is 1. The predicted octanol–water partition coefficient (Wildman–Crippen LogP) is -2.73. The van der Waals surface area contributed by atoms with Gasteiger partial charge in [0, 0.05) is 12.0 Å². The third-order valence-electron chi connectivity index (χ3n) is 4.14. The molecule has 0 radical (unpaired) electrons. The lowest BCUT2D eigenvalue weighted by Crippen LogP contribution is -3.14. The van der Waals surface area contributed by atoms with Crippen molar-refractivity contribution in [3.8, 4) is 5.75 Å². The maximum absolute atomic E-state index is 11.6. The van der Waals surface area contributed by atoms with Crippen LogP contribution in [0.15, 0.2) is 24.3 Å². The highest BCUT2D eigenvalue weighted by Gasteiger charge is 2.32. The Morgan fingerprint density at radius 3 is 1.79 bits per heavy atom. The fourth-order valence-corrected chi connectivity index (χ4v) is 2.67. The Kier molecular flexibility index (Phi) is 12.2. The minimum absolute atomic E-state index is 0.475. The van der Waals surface area contributed by atoms with E-state index in [2.05, 4.69) is 5.32 Å². The average molecular weight is 492 g/mol. The van der Waals surface area contributed by atoms with Crippen LogP contribution in [0.25, 0.3) is 0 Å². The monoisotopic (exact) mass is 492 g/mol. The number of hydrogen-bond donors (Lipinski definition) is 3. The Morgan fingerprint density at radius 1 is 0.970 bits per heavy atom. The van der Waals surface area contributed by atoms with E-state index in [0.29, 0.717) is 0 Å². The molecule has 1 aromatic rings. The van der Waals surface area contributed by atoms with Gasteiger partial charge < -0.3 is 39.9 Å². The molecule has 1 fully saturated rings. The summed E-state index contributed by atoms with van der Waals surface area (Å²) >= 11 is 0. The minimum Gasteiger partial charge on any atom is -0.542 e. The van der Waals surface area contributed by atoms with Gasteiger partial charge in [-0.05, 0) is 24.3 Å². The van der Waals surface area contributed by atoms with Crippen LogP contribution in [0.3, 0.4) is 0 Å². The number of carboxylic acids is 3. The van der Waals surface area contributed by atoms with Crippen molar-refractivity contribution < 1.29 is 71.0 Å². The first-order valence-electron chi connectivity index (χ1n) is 9.20. The van der Waals surface area contributed by atoms with Crippen LogP contribution >= 0.6 is 0 Å². The third-order valence-corrected chi connectivity index (χ3v) is 4.14. The van der Waals surface area contributed by atoms with E-state index in [1.807, 2.05) is 24.3 Å². The number of hydrogen-bond acceptors (Lipinski definition) is 6. The summed E-state index contributed by atoms with van der Waals surface area (Å²) in [5.74, 6) is -6.01. The number of carboxylic acid groups (broad SMARTS) is 3. The van der Waals surface area contributed by atoms with E-state index in [9.17, 15) is 36.2 Å². The number of alkyl halides is 6. The first kappa shape index (κ1) is 29.9. The maximum Gasteiger partial charge on any atom is 0.430 e. The minimum atomic E-state index is -5.19. The third kappa shape index (κ3) is 11.9. The van der Waals surface area contributed by atoms with Crippen molar-refractivity contribution in [2.45, 2.75) is 24.8 Å². The highest BCUT2D eigenvalue weighted by molar-refractivity contribution is 5.74. The standard InChI is InChI=1S/C14H20N2O3.2C2HF3O2/c1-19-12-5-3-11(4-6-12)13(14(17)18)16-9-2-7-15-8-10-16;2*3-2(4,5)1(6)7/h3-6,13,15H,2,7-10H2,1H3,(H,17,18);2*(H,6,7). The van der Waals surface area contributed by atoms with Crippen LogP contribution in [0.1, 0.15) is 18.0 Å². The molecule has 0 aromatic heterocycles. The normalized spacial score (nSPS) is 17.1. The molecule has 33 heavy (non-hydrogen) atoms. The molecule has 9 nitrogen and oxygen atoms in total. The maximum atomic E-state index is 11.6. The Labute approximate surface area is 183 Å².